The second-order valence-corrected chi connectivity index (χ2v) is 11.6. The number of benzene rings is 5. The van der Waals surface area contributed by atoms with Crippen molar-refractivity contribution in [1.82, 2.24) is 14.9 Å². The van der Waals surface area contributed by atoms with Gasteiger partial charge in [-0.2, -0.15) is 0 Å². The topological polar surface area (TPSA) is 67.2 Å². The normalized spacial score (nSPS) is 13.1. The molecule has 0 spiro atoms. The largest absolute Gasteiger partial charge is 0.378 e. The van der Waals surface area contributed by atoms with Crippen LogP contribution in [0.2, 0.25) is 0 Å². The number of rotatable bonds is 8. The van der Waals surface area contributed by atoms with E-state index in [-0.39, 0.29) is 11.8 Å². The van der Waals surface area contributed by atoms with E-state index in [0.717, 1.165) is 38.6 Å². The number of aliphatic hydroxyl groups is 1. The van der Waals surface area contributed by atoms with E-state index in [2.05, 4.69) is 82.7 Å². The van der Waals surface area contributed by atoms with Gasteiger partial charge in [0.1, 0.15) is 11.1 Å². The SMILES string of the molecule is CNC(=O)c1ccc2cc(C(O)(c3cn(C(c4ccccc4)(c4ccccc4)c4ccccc4)cn3)C(C)C)ccc2c1C. The number of carbonyl (C=O) groups is 1. The highest BCUT2D eigenvalue weighted by Crippen LogP contribution is 2.43. The number of imidazole rings is 1. The van der Waals surface area contributed by atoms with Gasteiger partial charge in [-0.3, -0.25) is 4.79 Å². The summed E-state index contributed by atoms with van der Waals surface area (Å²) in [5, 5.41) is 17.2. The van der Waals surface area contributed by atoms with E-state index in [1.165, 1.54) is 0 Å². The smallest absolute Gasteiger partial charge is 0.251 e. The Kier molecular flexibility index (Phi) is 7.66. The van der Waals surface area contributed by atoms with Crippen molar-refractivity contribution in [2.75, 3.05) is 7.05 Å². The third-order valence-electron chi connectivity index (χ3n) is 8.97. The molecule has 6 rings (SSSR count). The van der Waals surface area contributed by atoms with Gasteiger partial charge in [0.2, 0.25) is 0 Å². The number of hydrogen-bond donors (Lipinski definition) is 2. The van der Waals surface area contributed by atoms with Gasteiger partial charge in [-0.05, 0) is 63.6 Å². The minimum atomic E-state index is -1.37. The molecular weight excluding hydrogens is 542 g/mol. The van der Waals surface area contributed by atoms with E-state index in [1.807, 2.05) is 81.8 Å². The second-order valence-electron chi connectivity index (χ2n) is 11.6. The Hall–Kier alpha value is -5.00. The van der Waals surface area contributed by atoms with Gasteiger partial charge < -0.3 is 15.0 Å². The van der Waals surface area contributed by atoms with Crippen LogP contribution < -0.4 is 5.32 Å². The van der Waals surface area contributed by atoms with Crippen molar-refractivity contribution in [3.8, 4) is 0 Å². The number of amides is 1. The predicted molar refractivity (Wildman–Crippen MR) is 177 cm³/mol. The third-order valence-corrected chi connectivity index (χ3v) is 8.97. The Morgan fingerprint density at radius 1 is 0.773 bits per heavy atom. The van der Waals surface area contributed by atoms with Crippen LogP contribution in [0.25, 0.3) is 10.8 Å². The number of fused-ring (bicyclic) bond motifs is 1. The second kappa shape index (κ2) is 11.6. The van der Waals surface area contributed by atoms with Crippen molar-refractivity contribution in [2.45, 2.75) is 31.9 Å². The van der Waals surface area contributed by atoms with Gasteiger partial charge in [0.15, 0.2) is 0 Å². The Balaban J connectivity index is 1.56. The number of hydrogen-bond acceptors (Lipinski definition) is 3. The number of carbonyl (C=O) groups excluding carboxylic acids is 1. The van der Waals surface area contributed by atoms with E-state index >= 15 is 0 Å². The average Bonchev–Trinajstić information content (AvgIpc) is 3.57. The van der Waals surface area contributed by atoms with E-state index in [1.54, 1.807) is 7.05 Å². The molecule has 1 aromatic heterocycles. The monoisotopic (exact) mass is 579 g/mol. The first-order valence-electron chi connectivity index (χ1n) is 15.0. The van der Waals surface area contributed by atoms with Crippen LogP contribution in [-0.2, 0) is 11.1 Å². The maximum atomic E-state index is 12.6. The van der Waals surface area contributed by atoms with Crippen LogP contribution in [0.5, 0.6) is 0 Å². The Morgan fingerprint density at radius 3 is 1.82 bits per heavy atom. The van der Waals surface area contributed by atoms with Crippen molar-refractivity contribution >= 4 is 16.7 Å². The first-order valence-corrected chi connectivity index (χ1v) is 15.0. The fraction of sp³-hybridized carbons (Fsp3) is 0.179. The molecule has 0 aliphatic carbocycles. The molecule has 1 atom stereocenters. The number of aryl methyl sites for hydroxylation is 1. The molecule has 5 nitrogen and oxygen atoms in total. The van der Waals surface area contributed by atoms with Crippen molar-refractivity contribution in [3.63, 3.8) is 0 Å². The molecule has 1 unspecified atom stereocenters. The summed E-state index contributed by atoms with van der Waals surface area (Å²) in [6.07, 6.45) is 3.84. The maximum absolute atomic E-state index is 12.6. The van der Waals surface area contributed by atoms with Crippen molar-refractivity contribution in [2.24, 2.45) is 5.92 Å². The van der Waals surface area contributed by atoms with Crippen LogP contribution >= 0.6 is 0 Å². The van der Waals surface area contributed by atoms with Crippen LogP contribution in [0.4, 0.5) is 0 Å². The lowest BCUT2D eigenvalue weighted by Gasteiger charge is -2.37. The van der Waals surface area contributed by atoms with Crippen LogP contribution in [0, 0.1) is 12.8 Å². The number of nitrogens with one attached hydrogen (secondary N) is 1. The van der Waals surface area contributed by atoms with E-state index in [9.17, 15) is 9.90 Å². The Labute approximate surface area is 258 Å². The highest BCUT2D eigenvalue weighted by Gasteiger charge is 2.42. The molecule has 0 fully saturated rings. The first kappa shape index (κ1) is 29.1. The number of nitrogens with zero attached hydrogens (tertiary/aromatic N) is 2. The molecule has 0 saturated carbocycles. The van der Waals surface area contributed by atoms with E-state index < -0.39 is 11.1 Å². The van der Waals surface area contributed by atoms with Gasteiger partial charge in [-0.15, -0.1) is 0 Å². The van der Waals surface area contributed by atoms with Crippen LogP contribution in [0.15, 0.2) is 134 Å². The van der Waals surface area contributed by atoms with Gasteiger partial charge in [-0.25, -0.2) is 4.98 Å². The lowest BCUT2D eigenvalue weighted by atomic mass is 9.76. The zero-order valence-corrected chi connectivity index (χ0v) is 25.5. The highest BCUT2D eigenvalue weighted by atomic mass is 16.3. The summed E-state index contributed by atoms with van der Waals surface area (Å²) >= 11 is 0. The predicted octanol–water partition coefficient (Wildman–Crippen LogP) is 7.44. The maximum Gasteiger partial charge on any atom is 0.251 e. The molecular formula is C39H37N3O2. The molecule has 0 aliphatic heterocycles. The zero-order valence-electron chi connectivity index (χ0n) is 25.5. The lowest BCUT2D eigenvalue weighted by Crippen LogP contribution is -2.37. The molecule has 0 aliphatic rings. The molecule has 1 heterocycles. The summed E-state index contributed by atoms with van der Waals surface area (Å²) in [5.74, 6) is -0.300. The molecule has 220 valence electrons. The molecule has 0 saturated heterocycles. The van der Waals surface area contributed by atoms with E-state index in [0.29, 0.717) is 11.3 Å². The fourth-order valence-corrected chi connectivity index (χ4v) is 6.57. The highest BCUT2D eigenvalue weighted by molar-refractivity contribution is 6.01. The first-order chi connectivity index (χ1) is 21.3. The summed E-state index contributed by atoms with van der Waals surface area (Å²) in [6.45, 7) is 5.99. The van der Waals surface area contributed by atoms with E-state index in [4.69, 9.17) is 4.98 Å². The third kappa shape index (κ3) is 4.61. The minimum Gasteiger partial charge on any atom is -0.378 e. The summed E-state index contributed by atoms with van der Waals surface area (Å²) in [5.41, 5.74) is 4.02. The number of aromatic nitrogens is 2. The van der Waals surface area contributed by atoms with Crippen LogP contribution in [0.1, 0.15) is 57.7 Å². The molecule has 44 heavy (non-hydrogen) atoms. The van der Waals surface area contributed by atoms with Crippen molar-refractivity contribution in [1.29, 1.82) is 0 Å². The van der Waals surface area contributed by atoms with Crippen molar-refractivity contribution < 1.29 is 9.90 Å². The summed E-state index contributed by atoms with van der Waals surface area (Å²) in [7, 11) is 1.64. The summed E-state index contributed by atoms with van der Waals surface area (Å²) in [6, 6.07) is 41.1. The zero-order chi connectivity index (χ0) is 30.9. The standard InChI is InChI=1S/C39H37N3O2/c1-27(2)39(44,33-21-23-34-28(3)35(37(43)40-4)22-20-29(34)24-33)36-25-42(26-41-36)38(30-14-8-5-9-15-30,31-16-10-6-11-17-31)32-18-12-7-13-19-32/h5-27,44H,1-4H3,(H,40,43). The molecule has 5 heteroatoms. The van der Waals surface area contributed by atoms with Gasteiger partial charge in [0.25, 0.3) is 5.91 Å². The molecule has 0 radical (unpaired) electrons. The van der Waals surface area contributed by atoms with Gasteiger partial charge >= 0.3 is 0 Å². The molecule has 5 aromatic carbocycles. The van der Waals surface area contributed by atoms with Crippen LogP contribution in [0.3, 0.4) is 0 Å². The molecule has 1 amide bonds. The van der Waals surface area contributed by atoms with Gasteiger partial charge in [0.05, 0.1) is 12.0 Å². The molecule has 0 bridgehead atoms. The Morgan fingerprint density at radius 2 is 1.32 bits per heavy atom. The van der Waals surface area contributed by atoms with Gasteiger partial charge in [0, 0.05) is 18.8 Å². The Bertz CT molecular complexity index is 1820. The summed E-state index contributed by atoms with van der Waals surface area (Å²) in [4.78, 5) is 17.3. The quantitative estimate of drug-likeness (QED) is 0.184. The fourth-order valence-electron chi connectivity index (χ4n) is 6.57. The molecule has 6 aromatic rings. The van der Waals surface area contributed by atoms with Gasteiger partial charge in [-0.1, -0.05) is 123 Å². The minimum absolute atomic E-state index is 0.114. The van der Waals surface area contributed by atoms with Crippen molar-refractivity contribution in [3.05, 3.63) is 173 Å². The molecule has 2 N–H and O–H groups in total. The average molecular weight is 580 g/mol. The lowest BCUT2D eigenvalue weighted by molar-refractivity contribution is 0.0279. The summed E-state index contributed by atoms with van der Waals surface area (Å²) < 4.78 is 2.14. The van der Waals surface area contributed by atoms with Crippen LogP contribution in [-0.4, -0.2) is 27.6 Å².